The second-order valence-corrected chi connectivity index (χ2v) is 7.46. The zero-order valence-corrected chi connectivity index (χ0v) is 15.3. The second kappa shape index (κ2) is 8.02. The molecule has 2 aromatic carbocycles. The molecule has 0 aliphatic carbocycles. The van der Waals surface area contributed by atoms with Gasteiger partial charge < -0.3 is 5.32 Å². The molecule has 1 heterocycles. The Kier molecular flexibility index (Phi) is 5.53. The van der Waals surface area contributed by atoms with Gasteiger partial charge in [0.2, 0.25) is 11.9 Å². The summed E-state index contributed by atoms with van der Waals surface area (Å²) in [5.41, 5.74) is 1.24. The fourth-order valence-electron chi connectivity index (χ4n) is 2.12. The molecule has 138 valence electrons. The summed E-state index contributed by atoms with van der Waals surface area (Å²) in [5.74, 6) is -0.344. The van der Waals surface area contributed by atoms with E-state index in [4.69, 9.17) is 11.6 Å². The van der Waals surface area contributed by atoms with E-state index < -0.39 is 10.0 Å². The van der Waals surface area contributed by atoms with Gasteiger partial charge in [-0.15, -0.1) is 0 Å². The summed E-state index contributed by atoms with van der Waals surface area (Å²) in [7, 11) is -3.80. The van der Waals surface area contributed by atoms with Crippen molar-refractivity contribution >= 4 is 45.2 Å². The molecule has 0 aliphatic heterocycles. The Morgan fingerprint density at radius 3 is 2.59 bits per heavy atom. The maximum absolute atomic E-state index is 12.2. The normalized spacial score (nSPS) is 11.4. The van der Waals surface area contributed by atoms with Crippen molar-refractivity contribution in [3.8, 4) is 0 Å². The van der Waals surface area contributed by atoms with Gasteiger partial charge >= 0.3 is 0 Å². The second-order valence-electron chi connectivity index (χ2n) is 5.34. The number of nitrogens with zero attached hydrogens (tertiary/aromatic N) is 2. The number of benzene rings is 2. The lowest BCUT2D eigenvalue weighted by atomic mass is 10.2. The van der Waals surface area contributed by atoms with E-state index in [1.165, 1.54) is 36.7 Å². The summed E-state index contributed by atoms with van der Waals surface area (Å²) >= 11 is 5.89. The van der Waals surface area contributed by atoms with E-state index in [0.717, 1.165) is 5.56 Å². The van der Waals surface area contributed by atoms with Gasteiger partial charge in [-0.2, -0.15) is 10.1 Å². The van der Waals surface area contributed by atoms with Crippen molar-refractivity contribution in [1.29, 1.82) is 0 Å². The van der Waals surface area contributed by atoms with E-state index in [9.17, 15) is 13.2 Å². The number of aromatic amines is 1. The van der Waals surface area contributed by atoms with Crippen LogP contribution in [0.1, 0.15) is 5.56 Å². The molecule has 27 heavy (non-hydrogen) atoms. The third kappa shape index (κ3) is 5.16. The third-order valence-corrected chi connectivity index (χ3v) is 4.94. The average molecular weight is 404 g/mol. The third-order valence-electron chi connectivity index (χ3n) is 3.35. The molecule has 1 aromatic heterocycles. The maximum Gasteiger partial charge on any atom is 0.264 e. The van der Waals surface area contributed by atoms with E-state index in [1.54, 1.807) is 24.3 Å². The molecule has 0 saturated carbocycles. The fourth-order valence-corrected chi connectivity index (χ4v) is 3.29. The van der Waals surface area contributed by atoms with Crippen LogP contribution in [0.15, 0.2) is 65.8 Å². The lowest BCUT2D eigenvalue weighted by Gasteiger charge is -2.06. The first-order valence-corrected chi connectivity index (χ1v) is 9.51. The van der Waals surface area contributed by atoms with Crippen LogP contribution in [0.5, 0.6) is 0 Å². The van der Waals surface area contributed by atoms with Gasteiger partial charge in [-0.3, -0.25) is 4.79 Å². The Balaban J connectivity index is 1.64. The maximum atomic E-state index is 12.2. The van der Waals surface area contributed by atoms with Crippen molar-refractivity contribution in [2.75, 3.05) is 10.0 Å². The number of anilines is 2. The summed E-state index contributed by atoms with van der Waals surface area (Å²) in [6, 6.07) is 12.8. The number of hydrogen-bond donors (Lipinski definition) is 3. The van der Waals surface area contributed by atoms with E-state index in [1.807, 2.05) is 6.07 Å². The topological polar surface area (TPSA) is 117 Å². The molecular weight excluding hydrogens is 390 g/mol. The van der Waals surface area contributed by atoms with Gasteiger partial charge in [0, 0.05) is 16.8 Å². The minimum atomic E-state index is -3.80. The van der Waals surface area contributed by atoms with Crippen LogP contribution in [0.3, 0.4) is 0 Å². The quantitative estimate of drug-likeness (QED) is 0.547. The van der Waals surface area contributed by atoms with Crippen LogP contribution in [0.4, 0.5) is 11.6 Å². The molecule has 0 aliphatic rings. The predicted octanol–water partition coefficient (Wildman–Crippen LogP) is 2.91. The lowest BCUT2D eigenvalue weighted by molar-refractivity contribution is -0.111. The van der Waals surface area contributed by atoms with E-state index in [0.29, 0.717) is 10.7 Å². The summed E-state index contributed by atoms with van der Waals surface area (Å²) < 4.78 is 26.7. The first kappa shape index (κ1) is 18.6. The minimum absolute atomic E-state index is 0.0125. The van der Waals surface area contributed by atoms with Crippen molar-refractivity contribution < 1.29 is 13.2 Å². The van der Waals surface area contributed by atoms with Crippen molar-refractivity contribution in [3.63, 3.8) is 0 Å². The molecule has 0 fully saturated rings. The number of amides is 1. The van der Waals surface area contributed by atoms with Gasteiger partial charge in [-0.25, -0.2) is 18.2 Å². The highest BCUT2D eigenvalue weighted by Crippen LogP contribution is 2.16. The van der Waals surface area contributed by atoms with Crippen LogP contribution in [-0.2, 0) is 14.8 Å². The molecule has 10 heteroatoms. The molecule has 3 rings (SSSR count). The predicted molar refractivity (Wildman–Crippen MR) is 103 cm³/mol. The van der Waals surface area contributed by atoms with Gasteiger partial charge in [0.25, 0.3) is 10.0 Å². The summed E-state index contributed by atoms with van der Waals surface area (Å²) in [6.45, 7) is 0. The molecule has 0 unspecified atom stereocenters. The van der Waals surface area contributed by atoms with Gasteiger partial charge in [0.05, 0.1) is 4.90 Å². The van der Waals surface area contributed by atoms with Crippen molar-refractivity contribution in [3.05, 3.63) is 71.5 Å². The van der Waals surface area contributed by atoms with Crippen molar-refractivity contribution in [2.45, 2.75) is 4.90 Å². The van der Waals surface area contributed by atoms with Crippen LogP contribution in [0, 0.1) is 0 Å². The van der Waals surface area contributed by atoms with Gasteiger partial charge in [0.1, 0.15) is 6.33 Å². The Hall–Kier alpha value is -3.17. The summed E-state index contributed by atoms with van der Waals surface area (Å²) in [4.78, 5) is 15.7. The minimum Gasteiger partial charge on any atom is -0.323 e. The molecular formula is C17H14ClN5O3S. The Morgan fingerprint density at radius 2 is 1.93 bits per heavy atom. The van der Waals surface area contributed by atoms with Crippen LogP contribution >= 0.6 is 11.6 Å². The van der Waals surface area contributed by atoms with Crippen molar-refractivity contribution in [1.82, 2.24) is 15.2 Å². The smallest absolute Gasteiger partial charge is 0.264 e. The zero-order chi connectivity index (χ0) is 19.3. The van der Waals surface area contributed by atoms with E-state index in [-0.39, 0.29) is 16.8 Å². The highest BCUT2D eigenvalue weighted by atomic mass is 35.5. The number of aromatic nitrogens is 3. The monoisotopic (exact) mass is 403 g/mol. The van der Waals surface area contributed by atoms with E-state index >= 15 is 0 Å². The molecule has 8 nitrogen and oxygen atoms in total. The average Bonchev–Trinajstić information content (AvgIpc) is 3.13. The molecule has 3 aromatic rings. The highest BCUT2D eigenvalue weighted by molar-refractivity contribution is 7.92. The molecule has 0 saturated heterocycles. The first-order chi connectivity index (χ1) is 12.9. The summed E-state index contributed by atoms with van der Waals surface area (Å²) in [6.07, 6.45) is 4.18. The number of halogens is 1. The number of rotatable bonds is 6. The first-order valence-electron chi connectivity index (χ1n) is 7.65. The number of hydrogen-bond acceptors (Lipinski definition) is 5. The molecule has 3 N–H and O–H groups in total. The van der Waals surface area contributed by atoms with Crippen LogP contribution in [-0.4, -0.2) is 29.5 Å². The van der Waals surface area contributed by atoms with E-state index in [2.05, 4.69) is 25.2 Å². The number of nitrogens with one attached hydrogen (secondary N) is 3. The number of carbonyl (C=O) groups excluding carboxylic acids is 1. The number of carbonyl (C=O) groups is 1. The summed E-state index contributed by atoms with van der Waals surface area (Å²) in [5, 5.41) is 9.20. The fraction of sp³-hybridized carbons (Fsp3) is 0. The zero-order valence-electron chi connectivity index (χ0n) is 13.8. The number of sulfonamides is 1. The Morgan fingerprint density at radius 1 is 1.15 bits per heavy atom. The standard InChI is InChI=1S/C17H14ClN5O3S/c18-13-3-1-2-12(10-13)4-9-16(24)21-14-5-7-15(8-6-14)27(25,26)23-17-19-11-20-22-17/h1-11H,(H,21,24)(H2,19,20,22,23). The molecule has 1 amide bonds. The molecule has 0 bridgehead atoms. The van der Waals surface area contributed by atoms with Crippen LogP contribution < -0.4 is 10.0 Å². The van der Waals surface area contributed by atoms with Crippen molar-refractivity contribution in [2.24, 2.45) is 0 Å². The lowest BCUT2D eigenvalue weighted by Crippen LogP contribution is -2.14. The largest absolute Gasteiger partial charge is 0.323 e. The SMILES string of the molecule is O=C(C=Cc1cccc(Cl)c1)Nc1ccc(S(=O)(=O)Nc2ncn[nH]2)cc1. The van der Waals surface area contributed by atoms with Crippen LogP contribution in [0.2, 0.25) is 5.02 Å². The Bertz CT molecular complexity index is 1060. The molecule has 0 radical (unpaired) electrons. The molecule has 0 spiro atoms. The Labute approximate surface area is 160 Å². The highest BCUT2D eigenvalue weighted by Gasteiger charge is 2.15. The van der Waals surface area contributed by atoms with Crippen LogP contribution in [0.25, 0.3) is 6.08 Å². The van der Waals surface area contributed by atoms with Gasteiger partial charge in [-0.1, -0.05) is 23.7 Å². The number of H-pyrrole nitrogens is 1. The van der Waals surface area contributed by atoms with Gasteiger partial charge in [-0.05, 0) is 48.0 Å². The van der Waals surface area contributed by atoms with Gasteiger partial charge in [0.15, 0.2) is 0 Å². The molecule has 0 atom stereocenters.